The first-order valence-electron chi connectivity index (χ1n) is 7.59. The Kier molecular flexibility index (Phi) is 4.90. The first kappa shape index (κ1) is 17.1. The van der Waals surface area contributed by atoms with Crippen LogP contribution in [0.4, 0.5) is 14.5 Å². The van der Waals surface area contributed by atoms with E-state index in [1.165, 1.54) is 36.4 Å². The second kappa shape index (κ2) is 7.45. The zero-order valence-corrected chi connectivity index (χ0v) is 13.4. The number of carbonyl (C=O) groups is 1. The number of hydrogen-bond donors (Lipinski definition) is 1. The van der Waals surface area contributed by atoms with Gasteiger partial charge in [-0.2, -0.15) is 5.26 Å². The molecule has 1 N–H and O–H groups in total. The van der Waals surface area contributed by atoms with E-state index in [4.69, 9.17) is 4.42 Å². The number of carbonyl (C=O) groups excluding carboxylic acids is 1. The van der Waals surface area contributed by atoms with E-state index in [0.717, 1.165) is 6.07 Å². The molecule has 0 saturated carbocycles. The molecule has 128 valence electrons. The number of hydrogen-bond acceptors (Lipinski definition) is 3. The van der Waals surface area contributed by atoms with E-state index in [2.05, 4.69) is 5.32 Å². The molecule has 6 heteroatoms. The molecule has 26 heavy (non-hydrogen) atoms. The van der Waals surface area contributed by atoms with E-state index in [0.29, 0.717) is 11.3 Å². The highest BCUT2D eigenvalue weighted by Gasteiger charge is 2.12. The maximum absolute atomic E-state index is 13.2. The molecule has 0 unspecified atom stereocenters. The number of benzene rings is 2. The van der Waals surface area contributed by atoms with E-state index >= 15 is 0 Å². The van der Waals surface area contributed by atoms with Crippen LogP contribution < -0.4 is 5.32 Å². The van der Waals surface area contributed by atoms with Gasteiger partial charge in [-0.25, -0.2) is 8.78 Å². The van der Waals surface area contributed by atoms with Crippen LogP contribution in [0.15, 0.2) is 70.7 Å². The van der Waals surface area contributed by atoms with Crippen LogP contribution in [-0.4, -0.2) is 5.91 Å². The Balaban J connectivity index is 1.80. The molecule has 1 amide bonds. The first-order valence-corrected chi connectivity index (χ1v) is 7.59. The third-order valence-electron chi connectivity index (χ3n) is 3.49. The molecular formula is C20H12F2N2O2. The Morgan fingerprint density at radius 3 is 2.50 bits per heavy atom. The van der Waals surface area contributed by atoms with Crippen molar-refractivity contribution in [3.05, 3.63) is 83.6 Å². The number of anilines is 1. The zero-order valence-electron chi connectivity index (χ0n) is 13.4. The summed E-state index contributed by atoms with van der Waals surface area (Å²) in [5.41, 5.74) is 0.700. The summed E-state index contributed by atoms with van der Waals surface area (Å²) in [5, 5.41) is 11.7. The predicted molar refractivity (Wildman–Crippen MR) is 92.7 cm³/mol. The molecule has 0 atom stereocenters. The Morgan fingerprint density at radius 1 is 1.04 bits per heavy atom. The van der Waals surface area contributed by atoms with Crippen LogP contribution in [0.1, 0.15) is 5.76 Å². The van der Waals surface area contributed by atoms with Crippen molar-refractivity contribution in [2.45, 2.75) is 0 Å². The zero-order chi connectivity index (χ0) is 18.5. The third kappa shape index (κ3) is 4.02. The fraction of sp³-hybridized carbons (Fsp3) is 0. The summed E-state index contributed by atoms with van der Waals surface area (Å²) >= 11 is 0. The van der Waals surface area contributed by atoms with Crippen molar-refractivity contribution < 1.29 is 18.0 Å². The Hall–Kier alpha value is -3.72. The number of nitrogens with one attached hydrogen (secondary N) is 1. The summed E-state index contributed by atoms with van der Waals surface area (Å²) < 4.78 is 31.7. The summed E-state index contributed by atoms with van der Waals surface area (Å²) in [5.74, 6) is -0.784. The van der Waals surface area contributed by atoms with Crippen LogP contribution in [0.3, 0.4) is 0 Å². The normalized spacial score (nSPS) is 11.0. The van der Waals surface area contributed by atoms with Crippen LogP contribution >= 0.6 is 0 Å². The van der Waals surface area contributed by atoms with E-state index in [1.54, 1.807) is 30.3 Å². The van der Waals surface area contributed by atoms with Crippen molar-refractivity contribution in [2.75, 3.05) is 5.32 Å². The average Bonchev–Trinajstić information content (AvgIpc) is 3.09. The standard InChI is InChI=1S/C20H12F2N2O2/c21-15-6-4-13(5-7-15)19-9-8-18(26-19)10-14(12-23)20(25)24-17-3-1-2-16(22)11-17/h1-11H,(H,24,25)/b14-10+. The van der Waals surface area contributed by atoms with E-state index in [9.17, 15) is 18.8 Å². The molecular weight excluding hydrogens is 338 g/mol. The molecule has 0 radical (unpaired) electrons. The minimum atomic E-state index is -0.683. The van der Waals surface area contributed by atoms with Crippen molar-refractivity contribution in [3.8, 4) is 17.4 Å². The fourth-order valence-corrected chi connectivity index (χ4v) is 2.26. The summed E-state index contributed by atoms with van der Waals surface area (Å²) in [6, 6.07) is 16.1. The lowest BCUT2D eigenvalue weighted by molar-refractivity contribution is -0.112. The highest BCUT2D eigenvalue weighted by molar-refractivity contribution is 6.09. The van der Waals surface area contributed by atoms with Crippen molar-refractivity contribution in [3.63, 3.8) is 0 Å². The molecule has 0 bridgehead atoms. The maximum Gasteiger partial charge on any atom is 0.266 e. The number of nitrogens with zero attached hydrogens (tertiary/aromatic N) is 1. The highest BCUT2D eigenvalue weighted by atomic mass is 19.1. The van der Waals surface area contributed by atoms with Crippen LogP contribution in [0.5, 0.6) is 0 Å². The van der Waals surface area contributed by atoms with Crippen molar-refractivity contribution in [2.24, 2.45) is 0 Å². The van der Waals surface area contributed by atoms with Crippen LogP contribution in [0, 0.1) is 23.0 Å². The van der Waals surface area contributed by atoms with Gasteiger partial charge in [-0.1, -0.05) is 6.07 Å². The summed E-state index contributed by atoms with van der Waals surface area (Å²) in [6.07, 6.45) is 1.28. The lowest BCUT2D eigenvalue weighted by Gasteiger charge is -2.03. The molecule has 0 spiro atoms. The monoisotopic (exact) mass is 350 g/mol. The Bertz CT molecular complexity index is 1010. The number of amides is 1. The molecule has 4 nitrogen and oxygen atoms in total. The second-order valence-electron chi connectivity index (χ2n) is 5.34. The molecule has 0 saturated heterocycles. The molecule has 1 heterocycles. The summed E-state index contributed by atoms with van der Waals surface area (Å²) in [6.45, 7) is 0. The van der Waals surface area contributed by atoms with Gasteiger partial charge >= 0.3 is 0 Å². The Labute approximate surface area is 148 Å². The highest BCUT2D eigenvalue weighted by Crippen LogP contribution is 2.24. The van der Waals surface area contributed by atoms with Gasteiger partial charge in [0.2, 0.25) is 0 Å². The molecule has 0 aliphatic carbocycles. The topological polar surface area (TPSA) is 66.0 Å². The van der Waals surface area contributed by atoms with E-state index in [-0.39, 0.29) is 22.8 Å². The van der Waals surface area contributed by atoms with Gasteiger partial charge < -0.3 is 9.73 Å². The number of furan rings is 1. The van der Waals surface area contributed by atoms with E-state index < -0.39 is 11.7 Å². The van der Waals surface area contributed by atoms with E-state index in [1.807, 2.05) is 0 Å². The quantitative estimate of drug-likeness (QED) is 0.544. The largest absolute Gasteiger partial charge is 0.457 e. The minimum Gasteiger partial charge on any atom is -0.457 e. The number of halogens is 2. The van der Waals surface area contributed by atoms with Gasteiger partial charge in [-0.3, -0.25) is 4.79 Å². The predicted octanol–water partition coefficient (Wildman–Crippen LogP) is 4.77. The van der Waals surface area contributed by atoms with Gasteiger partial charge in [0.1, 0.15) is 34.8 Å². The van der Waals surface area contributed by atoms with Gasteiger partial charge in [0.15, 0.2) is 0 Å². The van der Waals surface area contributed by atoms with Crippen molar-refractivity contribution in [1.29, 1.82) is 5.26 Å². The van der Waals surface area contributed by atoms with Crippen LogP contribution in [-0.2, 0) is 4.79 Å². The summed E-state index contributed by atoms with van der Waals surface area (Å²) in [7, 11) is 0. The average molecular weight is 350 g/mol. The van der Waals surface area contributed by atoms with Gasteiger partial charge in [-0.05, 0) is 54.6 Å². The lowest BCUT2D eigenvalue weighted by atomic mass is 10.2. The molecule has 0 aliphatic rings. The van der Waals surface area contributed by atoms with Crippen LogP contribution in [0.2, 0.25) is 0 Å². The SMILES string of the molecule is N#C/C(=C\c1ccc(-c2ccc(F)cc2)o1)C(=O)Nc1cccc(F)c1. The number of nitriles is 1. The first-order chi connectivity index (χ1) is 12.5. The van der Waals surface area contributed by atoms with Gasteiger partial charge in [0.05, 0.1) is 0 Å². The van der Waals surface area contributed by atoms with Crippen molar-refractivity contribution in [1.82, 2.24) is 0 Å². The molecule has 2 aromatic carbocycles. The van der Waals surface area contributed by atoms with Crippen molar-refractivity contribution >= 4 is 17.7 Å². The van der Waals surface area contributed by atoms with Crippen LogP contribution in [0.25, 0.3) is 17.4 Å². The smallest absolute Gasteiger partial charge is 0.266 e. The number of rotatable bonds is 4. The van der Waals surface area contributed by atoms with Gasteiger partial charge in [0, 0.05) is 17.3 Å². The third-order valence-corrected chi connectivity index (χ3v) is 3.49. The molecule has 0 aliphatic heterocycles. The molecule has 1 aromatic heterocycles. The van der Waals surface area contributed by atoms with Gasteiger partial charge in [0.25, 0.3) is 5.91 Å². The summed E-state index contributed by atoms with van der Waals surface area (Å²) in [4.78, 5) is 12.2. The fourth-order valence-electron chi connectivity index (χ4n) is 2.26. The molecule has 3 aromatic rings. The second-order valence-corrected chi connectivity index (χ2v) is 5.34. The lowest BCUT2D eigenvalue weighted by Crippen LogP contribution is -2.13. The molecule has 3 rings (SSSR count). The van der Waals surface area contributed by atoms with Gasteiger partial charge in [-0.15, -0.1) is 0 Å². The molecule has 0 fully saturated rings. The minimum absolute atomic E-state index is 0.200. The Morgan fingerprint density at radius 2 is 1.81 bits per heavy atom. The maximum atomic E-state index is 13.2.